The second-order valence-electron chi connectivity index (χ2n) is 5.05. The van der Waals surface area contributed by atoms with E-state index in [-0.39, 0.29) is 12.1 Å². The summed E-state index contributed by atoms with van der Waals surface area (Å²) in [5.41, 5.74) is 0. The number of carbonyl (C=O) groups is 2. The number of carbonyl (C=O) groups excluding carboxylic acids is 1. The molecule has 1 heterocycles. The molecule has 1 saturated heterocycles. The van der Waals surface area contributed by atoms with Crippen LogP contribution in [-0.2, 0) is 4.79 Å². The van der Waals surface area contributed by atoms with Crippen LogP contribution in [-0.4, -0.2) is 52.6 Å². The summed E-state index contributed by atoms with van der Waals surface area (Å²) in [4.78, 5) is 26.6. The lowest BCUT2D eigenvalue weighted by Gasteiger charge is -2.34. The molecule has 1 aliphatic heterocycles. The molecule has 1 fully saturated rings. The molecular formula is C13H24N2O3. The second-order valence-corrected chi connectivity index (χ2v) is 5.05. The number of nitrogens with zero attached hydrogens (tertiary/aromatic N) is 2. The summed E-state index contributed by atoms with van der Waals surface area (Å²) in [6.07, 6.45) is 4.73. The number of carboxylic acids is 1. The Bertz CT molecular complexity index is 307. The van der Waals surface area contributed by atoms with Crippen molar-refractivity contribution in [2.45, 2.75) is 58.0 Å². The third-order valence-corrected chi connectivity index (χ3v) is 3.74. The maximum absolute atomic E-state index is 12.4. The lowest BCUT2D eigenvalue weighted by atomic mass is 10.1. The zero-order valence-corrected chi connectivity index (χ0v) is 11.6. The molecular weight excluding hydrogens is 232 g/mol. The number of likely N-dealkylation sites (tertiary alicyclic amines) is 1. The van der Waals surface area contributed by atoms with Gasteiger partial charge in [0, 0.05) is 19.6 Å². The van der Waals surface area contributed by atoms with E-state index in [1.54, 1.807) is 14.0 Å². The first-order valence-corrected chi connectivity index (χ1v) is 6.75. The molecule has 104 valence electrons. The van der Waals surface area contributed by atoms with Crippen LogP contribution in [0.1, 0.15) is 46.0 Å². The summed E-state index contributed by atoms with van der Waals surface area (Å²) in [6.45, 7) is 4.56. The monoisotopic (exact) mass is 256 g/mol. The number of amides is 2. The molecule has 5 nitrogen and oxygen atoms in total. The SMILES string of the molecule is CCC(C(=O)O)N(C)C(=O)N1CCCCCC1C. The third kappa shape index (κ3) is 3.37. The van der Waals surface area contributed by atoms with Crippen LogP contribution in [0.4, 0.5) is 4.79 Å². The Hall–Kier alpha value is -1.26. The van der Waals surface area contributed by atoms with E-state index in [2.05, 4.69) is 0 Å². The van der Waals surface area contributed by atoms with Gasteiger partial charge >= 0.3 is 12.0 Å². The van der Waals surface area contributed by atoms with Gasteiger partial charge in [-0.1, -0.05) is 19.8 Å². The number of urea groups is 1. The molecule has 1 N–H and O–H groups in total. The van der Waals surface area contributed by atoms with Gasteiger partial charge in [0.15, 0.2) is 0 Å². The summed E-state index contributed by atoms with van der Waals surface area (Å²) in [7, 11) is 1.59. The summed E-state index contributed by atoms with van der Waals surface area (Å²) in [5, 5.41) is 9.10. The number of carboxylic acid groups (broad SMARTS) is 1. The Kier molecular flexibility index (Phi) is 5.44. The minimum absolute atomic E-state index is 0.154. The molecule has 2 atom stereocenters. The maximum Gasteiger partial charge on any atom is 0.326 e. The van der Waals surface area contributed by atoms with Crippen LogP contribution in [0, 0.1) is 0 Å². The normalized spacial score (nSPS) is 22.2. The lowest BCUT2D eigenvalue weighted by Crippen LogP contribution is -2.51. The minimum atomic E-state index is -0.934. The van der Waals surface area contributed by atoms with Crippen molar-refractivity contribution in [2.75, 3.05) is 13.6 Å². The largest absolute Gasteiger partial charge is 0.480 e. The van der Waals surface area contributed by atoms with Crippen molar-refractivity contribution in [3.63, 3.8) is 0 Å². The van der Waals surface area contributed by atoms with Gasteiger partial charge in [-0.2, -0.15) is 0 Å². The van der Waals surface area contributed by atoms with Crippen molar-refractivity contribution < 1.29 is 14.7 Å². The van der Waals surface area contributed by atoms with Gasteiger partial charge in [-0.05, 0) is 26.2 Å². The van der Waals surface area contributed by atoms with Gasteiger partial charge < -0.3 is 14.9 Å². The highest BCUT2D eigenvalue weighted by Gasteiger charge is 2.30. The predicted octanol–water partition coefficient (Wildman–Crippen LogP) is 2.17. The number of likely N-dealkylation sites (N-methyl/N-ethyl adjacent to an activating group) is 1. The number of hydrogen-bond donors (Lipinski definition) is 1. The fourth-order valence-corrected chi connectivity index (χ4v) is 2.51. The first kappa shape index (κ1) is 14.8. The van der Waals surface area contributed by atoms with E-state index in [1.807, 2.05) is 11.8 Å². The van der Waals surface area contributed by atoms with Crippen LogP contribution in [0.15, 0.2) is 0 Å². The predicted molar refractivity (Wildman–Crippen MR) is 69.5 cm³/mol. The molecule has 0 spiro atoms. The highest BCUT2D eigenvalue weighted by molar-refractivity contribution is 5.82. The van der Waals surface area contributed by atoms with Crippen molar-refractivity contribution >= 4 is 12.0 Å². The Balaban J connectivity index is 2.74. The smallest absolute Gasteiger partial charge is 0.326 e. The highest BCUT2D eigenvalue weighted by atomic mass is 16.4. The van der Waals surface area contributed by atoms with Crippen molar-refractivity contribution in [2.24, 2.45) is 0 Å². The molecule has 5 heteroatoms. The van der Waals surface area contributed by atoms with E-state index in [1.165, 1.54) is 4.90 Å². The van der Waals surface area contributed by atoms with Gasteiger partial charge in [0.2, 0.25) is 0 Å². The van der Waals surface area contributed by atoms with Crippen LogP contribution in [0.2, 0.25) is 0 Å². The summed E-state index contributed by atoms with van der Waals surface area (Å²) >= 11 is 0. The molecule has 0 saturated carbocycles. The van der Waals surface area contributed by atoms with Gasteiger partial charge in [-0.25, -0.2) is 9.59 Å². The van der Waals surface area contributed by atoms with Crippen LogP contribution in [0.3, 0.4) is 0 Å². The van der Waals surface area contributed by atoms with Crippen LogP contribution in [0.5, 0.6) is 0 Å². The average Bonchev–Trinajstić information content (AvgIpc) is 2.53. The molecule has 0 bridgehead atoms. The van der Waals surface area contributed by atoms with Gasteiger partial charge in [0.1, 0.15) is 6.04 Å². The third-order valence-electron chi connectivity index (χ3n) is 3.74. The van der Waals surface area contributed by atoms with Gasteiger partial charge in [-0.15, -0.1) is 0 Å². The van der Waals surface area contributed by atoms with Crippen molar-refractivity contribution in [3.8, 4) is 0 Å². The van der Waals surface area contributed by atoms with Crippen LogP contribution >= 0.6 is 0 Å². The standard InChI is InChI=1S/C13H24N2O3/c1-4-11(12(16)17)14(3)13(18)15-9-7-5-6-8-10(15)2/h10-11H,4-9H2,1-3H3,(H,16,17). The van der Waals surface area contributed by atoms with Gasteiger partial charge in [0.05, 0.1) is 0 Å². The van der Waals surface area contributed by atoms with E-state index >= 15 is 0 Å². The fourth-order valence-electron chi connectivity index (χ4n) is 2.51. The minimum Gasteiger partial charge on any atom is -0.480 e. The molecule has 2 amide bonds. The van der Waals surface area contributed by atoms with Crippen LogP contribution in [0.25, 0.3) is 0 Å². The van der Waals surface area contributed by atoms with Gasteiger partial charge in [0.25, 0.3) is 0 Å². The average molecular weight is 256 g/mol. The van der Waals surface area contributed by atoms with Crippen LogP contribution < -0.4 is 0 Å². The number of hydrogen-bond acceptors (Lipinski definition) is 2. The molecule has 0 aliphatic carbocycles. The van der Waals surface area contributed by atoms with Crippen molar-refractivity contribution in [1.82, 2.24) is 9.80 Å². The summed E-state index contributed by atoms with van der Waals surface area (Å²) in [5.74, 6) is -0.934. The van der Waals surface area contributed by atoms with E-state index in [9.17, 15) is 9.59 Å². The highest BCUT2D eigenvalue weighted by Crippen LogP contribution is 2.18. The topological polar surface area (TPSA) is 60.9 Å². The molecule has 0 radical (unpaired) electrons. The number of rotatable bonds is 3. The zero-order valence-electron chi connectivity index (χ0n) is 11.6. The Morgan fingerprint density at radius 1 is 1.39 bits per heavy atom. The molecule has 1 aliphatic rings. The van der Waals surface area contributed by atoms with E-state index in [0.29, 0.717) is 6.42 Å². The fraction of sp³-hybridized carbons (Fsp3) is 0.846. The summed E-state index contributed by atoms with van der Waals surface area (Å²) < 4.78 is 0. The Morgan fingerprint density at radius 3 is 2.61 bits per heavy atom. The lowest BCUT2D eigenvalue weighted by molar-refractivity contribution is -0.142. The first-order chi connectivity index (χ1) is 8.49. The van der Waals surface area contributed by atoms with Gasteiger partial charge in [-0.3, -0.25) is 0 Å². The van der Waals surface area contributed by atoms with Crippen molar-refractivity contribution in [1.29, 1.82) is 0 Å². The van der Waals surface area contributed by atoms with E-state index in [0.717, 1.165) is 32.2 Å². The molecule has 0 aromatic heterocycles. The molecule has 2 unspecified atom stereocenters. The Morgan fingerprint density at radius 2 is 2.06 bits per heavy atom. The van der Waals surface area contributed by atoms with E-state index in [4.69, 9.17) is 5.11 Å². The second kappa shape index (κ2) is 6.61. The van der Waals surface area contributed by atoms with E-state index < -0.39 is 12.0 Å². The molecule has 18 heavy (non-hydrogen) atoms. The first-order valence-electron chi connectivity index (χ1n) is 6.75. The number of aliphatic carboxylic acids is 1. The quantitative estimate of drug-likeness (QED) is 0.841. The zero-order chi connectivity index (χ0) is 13.7. The maximum atomic E-state index is 12.4. The molecule has 0 aromatic carbocycles. The Labute approximate surface area is 109 Å². The van der Waals surface area contributed by atoms with Crippen molar-refractivity contribution in [3.05, 3.63) is 0 Å². The summed E-state index contributed by atoms with van der Waals surface area (Å²) in [6, 6.07) is -0.680. The molecule has 1 rings (SSSR count). The molecule has 0 aromatic rings.